The van der Waals surface area contributed by atoms with Gasteiger partial charge in [0, 0.05) is 48.1 Å². The molecule has 220 valence electrons. The van der Waals surface area contributed by atoms with E-state index in [4.69, 9.17) is 15.2 Å². The number of amides is 1. The maximum atomic E-state index is 12.6. The van der Waals surface area contributed by atoms with E-state index in [9.17, 15) is 9.59 Å². The summed E-state index contributed by atoms with van der Waals surface area (Å²) in [5, 5.41) is 12.3. The molecule has 6 rings (SSSR count). The average molecular weight is 588 g/mol. The number of nitrogen functional groups attached to an aromatic ring is 1. The van der Waals surface area contributed by atoms with E-state index in [1.54, 1.807) is 53.5 Å². The molecular weight excluding hydrogens is 558 g/mol. The van der Waals surface area contributed by atoms with Crippen molar-refractivity contribution in [2.45, 2.75) is 13.2 Å². The highest BCUT2D eigenvalue weighted by molar-refractivity contribution is 6.05. The van der Waals surface area contributed by atoms with Gasteiger partial charge in [0.05, 0.1) is 35.3 Å². The molecule has 44 heavy (non-hydrogen) atoms. The van der Waals surface area contributed by atoms with Crippen molar-refractivity contribution in [2.24, 2.45) is 7.05 Å². The molecule has 0 fully saturated rings. The molecular formula is C33H29N7O4. The first-order valence-corrected chi connectivity index (χ1v) is 13.9. The van der Waals surface area contributed by atoms with Gasteiger partial charge in [-0.2, -0.15) is 10.2 Å². The van der Waals surface area contributed by atoms with E-state index in [0.717, 1.165) is 16.5 Å². The van der Waals surface area contributed by atoms with Gasteiger partial charge in [0.15, 0.2) is 0 Å². The number of ether oxygens (including phenoxy) is 2. The molecule has 0 saturated carbocycles. The lowest BCUT2D eigenvalue weighted by Gasteiger charge is -2.12. The average Bonchev–Trinajstić information content (AvgIpc) is 3.48. The van der Waals surface area contributed by atoms with E-state index >= 15 is 0 Å². The lowest BCUT2D eigenvalue weighted by atomic mass is 10.1. The second-order valence-electron chi connectivity index (χ2n) is 10.0. The standard InChI is InChI=1S/C33H29N7O4/c1-39-20-24(19-36-39)28-12-13-32(41)40(38-28)16-17-43-31-14-15-35-30-18-25(10-11-26(30)31)44-21-22-6-8-23(9-7-22)33(42)37-29-5-3-2-4-27(29)34/h2-15,18-20H,16-17,21,34H2,1H3,(H,37,42). The molecule has 3 aromatic heterocycles. The number of nitrogens with one attached hydrogen (secondary N) is 1. The number of hydrogen-bond donors (Lipinski definition) is 2. The number of aromatic nitrogens is 5. The Bertz CT molecular complexity index is 2000. The van der Waals surface area contributed by atoms with Crippen LogP contribution in [0.3, 0.4) is 0 Å². The van der Waals surface area contributed by atoms with Crippen molar-refractivity contribution in [1.82, 2.24) is 24.5 Å². The summed E-state index contributed by atoms with van der Waals surface area (Å²) in [6, 6.07) is 24.9. The van der Waals surface area contributed by atoms with Crippen LogP contribution in [0.4, 0.5) is 11.4 Å². The number of nitrogens with zero attached hydrogens (tertiary/aromatic N) is 5. The van der Waals surface area contributed by atoms with E-state index in [1.165, 1.54) is 10.7 Å². The van der Waals surface area contributed by atoms with Crippen LogP contribution in [-0.4, -0.2) is 37.1 Å². The van der Waals surface area contributed by atoms with Crippen LogP contribution in [0.25, 0.3) is 22.2 Å². The molecule has 0 aliphatic rings. The van der Waals surface area contributed by atoms with Gasteiger partial charge in [0.1, 0.15) is 24.7 Å². The quantitative estimate of drug-likeness (QED) is 0.220. The number of benzene rings is 3. The summed E-state index contributed by atoms with van der Waals surface area (Å²) >= 11 is 0. The molecule has 6 aromatic rings. The molecule has 0 bridgehead atoms. The van der Waals surface area contributed by atoms with Crippen molar-refractivity contribution in [2.75, 3.05) is 17.7 Å². The SMILES string of the molecule is Cn1cc(-c2ccc(=O)n(CCOc3ccnc4cc(OCc5ccc(C(=O)Nc6ccccc6N)cc5)ccc34)n2)cn1. The van der Waals surface area contributed by atoms with Crippen LogP contribution in [0, 0.1) is 0 Å². The normalized spacial score (nSPS) is 10.9. The Morgan fingerprint density at radius 2 is 1.82 bits per heavy atom. The zero-order valence-electron chi connectivity index (χ0n) is 23.9. The molecule has 11 nitrogen and oxygen atoms in total. The Hall–Kier alpha value is -5.97. The summed E-state index contributed by atoms with van der Waals surface area (Å²) in [6.45, 7) is 0.835. The lowest BCUT2D eigenvalue weighted by molar-refractivity contribution is 0.102. The minimum Gasteiger partial charge on any atom is -0.491 e. The van der Waals surface area contributed by atoms with Crippen LogP contribution < -0.4 is 26.1 Å². The van der Waals surface area contributed by atoms with Crippen LogP contribution in [-0.2, 0) is 20.2 Å². The van der Waals surface area contributed by atoms with Crippen molar-refractivity contribution in [3.8, 4) is 22.8 Å². The number of aryl methyl sites for hydroxylation is 1. The topological polar surface area (TPSA) is 139 Å². The molecule has 0 unspecified atom stereocenters. The van der Waals surface area contributed by atoms with E-state index in [0.29, 0.717) is 46.3 Å². The molecule has 1 amide bonds. The number of hydrogen-bond acceptors (Lipinski definition) is 8. The number of pyridine rings is 1. The zero-order chi connectivity index (χ0) is 30.5. The van der Waals surface area contributed by atoms with Crippen molar-refractivity contribution >= 4 is 28.2 Å². The number of nitrogens with two attached hydrogens (primary N) is 1. The van der Waals surface area contributed by atoms with Gasteiger partial charge >= 0.3 is 0 Å². The largest absolute Gasteiger partial charge is 0.491 e. The maximum Gasteiger partial charge on any atom is 0.266 e. The number of rotatable bonds is 10. The minimum atomic E-state index is -0.240. The second-order valence-corrected chi connectivity index (χ2v) is 10.0. The summed E-state index contributed by atoms with van der Waals surface area (Å²) in [7, 11) is 1.83. The number of carbonyl (C=O) groups is 1. The molecule has 0 atom stereocenters. The van der Waals surface area contributed by atoms with Crippen LogP contribution >= 0.6 is 0 Å². The summed E-state index contributed by atoms with van der Waals surface area (Å²) in [6.07, 6.45) is 5.22. The summed E-state index contributed by atoms with van der Waals surface area (Å²) in [4.78, 5) is 29.4. The van der Waals surface area contributed by atoms with Gasteiger partial charge in [0.25, 0.3) is 11.5 Å². The summed E-state index contributed by atoms with van der Waals surface area (Å²) in [5.41, 5.74) is 10.4. The Balaban J connectivity index is 1.06. The molecule has 3 N–H and O–H groups in total. The molecule has 11 heteroatoms. The van der Waals surface area contributed by atoms with Crippen molar-refractivity contribution in [3.63, 3.8) is 0 Å². The van der Waals surface area contributed by atoms with Gasteiger partial charge in [0.2, 0.25) is 0 Å². The van der Waals surface area contributed by atoms with Gasteiger partial charge in [-0.15, -0.1) is 0 Å². The van der Waals surface area contributed by atoms with Gasteiger partial charge in [-0.25, -0.2) is 4.68 Å². The molecule has 0 spiro atoms. The molecule has 3 aromatic carbocycles. The zero-order valence-corrected chi connectivity index (χ0v) is 23.9. The molecule has 3 heterocycles. The minimum absolute atomic E-state index is 0.210. The number of carbonyl (C=O) groups excluding carboxylic acids is 1. The molecule has 0 radical (unpaired) electrons. The Morgan fingerprint density at radius 1 is 0.977 bits per heavy atom. The second kappa shape index (κ2) is 12.5. The van der Waals surface area contributed by atoms with Gasteiger partial charge in [-0.3, -0.25) is 19.3 Å². The predicted octanol–water partition coefficient (Wildman–Crippen LogP) is 4.68. The van der Waals surface area contributed by atoms with Crippen molar-refractivity contribution < 1.29 is 14.3 Å². The summed E-state index contributed by atoms with van der Waals surface area (Å²) in [5.74, 6) is 1.05. The van der Waals surface area contributed by atoms with E-state index in [1.807, 2.05) is 55.7 Å². The first-order chi connectivity index (χ1) is 21.4. The number of para-hydroxylation sites is 2. The van der Waals surface area contributed by atoms with E-state index < -0.39 is 0 Å². The van der Waals surface area contributed by atoms with Gasteiger partial charge in [-0.05, 0) is 54.1 Å². The Kier molecular flexibility index (Phi) is 8.00. The summed E-state index contributed by atoms with van der Waals surface area (Å²) < 4.78 is 15.1. The van der Waals surface area contributed by atoms with E-state index in [-0.39, 0.29) is 24.6 Å². The molecule has 0 aliphatic carbocycles. The fourth-order valence-corrected chi connectivity index (χ4v) is 4.60. The Labute approximate surface area is 252 Å². The van der Waals surface area contributed by atoms with Crippen LogP contribution in [0.2, 0.25) is 0 Å². The first kappa shape index (κ1) is 28.2. The molecule has 0 saturated heterocycles. The molecule has 0 aliphatic heterocycles. The van der Waals surface area contributed by atoms with Crippen molar-refractivity contribution in [3.05, 3.63) is 125 Å². The third-order valence-corrected chi connectivity index (χ3v) is 6.93. The van der Waals surface area contributed by atoms with Crippen LogP contribution in [0.5, 0.6) is 11.5 Å². The van der Waals surface area contributed by atoms with Gasteiger partial charge < -0.3 is 20.5 Å². The maximum absolute atomic E-state index is 12.6. The fourth-order valence-electron chi connectivity index (χ4n) is 4.60. The highest BCUT2D eigenvalue weighted by Gasteiger charge is 2.10. The third-order valence-electron chi connectivity index (χ3n) is 6.93. The van der Waals surface area contributed by atoms with E-state index in [2.05, 4.69) is 20.5 Å². The van der Waals surface area contributed by atoms with Crippen LogP contribution in [0.15, 0.2) is 108 Å². The highest BCUT2D eigenvalue weighted by atomic mass is 16.5. The predicted molar refractivity (Wildman–Crippen MR) is 168 cm³/mol. The number of fused-ring (bicyclic) bond motifs is 1. The van der Waals surface area contributed by atoms with Crippen LogP contribution in [0.1, 0.15) is 15.9 Å². The smallest absolute Gasteiger partial charge is 0.266 e. The highest BCUT2D eigenvalue weighted by Crippen LogP contribution is 2.28. The third kappa shape index (κ3) is 6.41. The van der Waals surface area contributed by atoms with Gasteiger partial charge in [-0.1, -0.05) is 24.3 Å². The monoisotopic (exact) mass is 587 g/mol. The fraction of sp³-hybridized carbons (Fsp3) is 0.121. The first-order valence-electron chi connectivity index (χ1n) is 13.9. The lowest BCUT2D eigenvalue weighted by Crippen LogP contribution is -2.25. The van der Waals surface area contributed by atoms with Crippen molar-refractivity contribution in [1.29, 1.82) is 0 Å². The Morgan fingerprint density at radius 3 is 2.61 bits per heavy atom. The number of anilines is 2.